The van der Waals surface area contributed by atoms with Crippen LogP contribution in [0.25, 0.3) is 11.3 Å². The molecule has 0 spiro atoms. The van der Waals surface area contributed by atoms with Crippen LogP contribution in [0.1, 0.15) is 17.4 Å². The smallest absolute Gasteiger partial charge is 0.247 e. The van der Waals surface area contributed by atoms with E-state index in [1.54, 1.807) is 0 Å². The molecule has 5 nitrogen and oxygen atoms in total. The molecule has 0 amide bonds. The summed E-state index contributed by atoms with van der Waals surface area (Å²) in [6.07, 6.45) is 1.56. The Morgan fingerprint density at radius 3 is 2.68 bits per heavy atom. The molecular weight excluding hydrogens is 400 g/mol. The highest BCUT2D eigenvalue weighted by molar-refractivity contribution is 9.10. The molecule has 0 aliphatic carbocycles. The zero-order valence-electron chi connectivity index (χ0n) is 13.7. The standard InChI is InChI=1S/C18H15BrN4OS/c1-10-3-5-11(6-4-10)16-20-14-8-7-12(19)9-13(14)15-17(24-16)21-18(25-2)23-22-15/h3-9,16,20H,1-2H3/t16-/m0/s1. The van der Waals surface area contributed by atoms with E-state index in [9.17, 15) is 0 Å². The summed E-state index contributed by atoms with van der Waals surface area (Å²) in [4.78, 5) is 4.53. The molecule has 4 rings (SSSR count). The van der Waals surface area contributed by atoms with Crippen molar-refractivity contribution in [3.63, 3.8) is 0 Å². The van der Waals surface area contributed by atoms with Crippen LogP contribution in [0.3, 0.4) is 0 Å². The summed E-state index contributed by atoms with van der Waals surface area (Å²) in [6, 6.07) is 14.2. The van der Waals surface area contributed by atoms with E-state index in [1.807, 2.05) is 24.5 Å². The van der Waals surface area contributed by atoms with E-state index in [2.05, 4.69) is 67.6 Å². The van der Waals surface area contributed by atoms with Crippen molar-refractivity contribution in [2.45, 2.75) is 18.3 Å². The highest BCUT2D eigenvalue weighted by atomic mass is 79.9. The highest BCUT2D eigenvalue weighted by Crippen LogP contribution is 2.40. The van der Waals surface area contributed by atoms with Gasteiger partial charge in [-0.05, 0) is 31.4 Å². The van der Waals surface area contributed by atoms with Crippen LogP contribution in [-0.4, -0.2) is 21.4 Å². The van der Waals surface area contributed by atoms with Crippen molar-refractivity contribution in [2.75, 3.05) is 11.6 Å². The number of aryl methyl sites for hydroxylation is 1. The number of aromatic nitrogens is 3. The number of benzene rings is 2. The lowest BCUT2D eigenvalue weighted by atomic mass is 10.1. The number of halogens is 1. The molecule has 0 bridgehead atoms. The molecule has 3 aromatic rings. The second-order valence-corrected chi connectivity index (χ2v) is 7.38. The number of nitrogens with one attached hydrogen (secondary N) is 1. The van der Waals surface area contributed by atoms with Gasteiger partial charge in [0.25, 0.3) is 0 Å². The normalized spacial score (nSPS) is 15.4. The molecular formula is C18H15BrN4OS. The number of fused-ring (bicyclic) bond motifs is 3. The summed E-state index contributed by atoms with van der Waals surface area (Å²) < 4.78 is 7.16. The maximum atomic E-state index is 6.19. The molecule has 0 saturated carbocycles. The van der Waals surface area contributed by atoms with Gasteiger partial charge in [-0.1, -0.05) is 57.5 Å². The molecule has 1 atom stereocenters. The Kier molecular flexibility index (Phi) is 4.35. The maximum Gasteiger partial charge on any atom is 0.247 e. The van der Waals surface area contributed by atoms with Crippen LogP contribution < -0.4 is 10.1 Å². The van der Waals surface area contributed by atoms with Gasteiger partial charge in [-0.3, -0.25) is 0 Å². The minimum Gasteiger partial charge on any atom is -0.448 e. The van der Waals surface area contributed by atoms with Crippen molar-refractivity contribution in [3.8, 4) is 17.1 Å². The van der Waals surface area contributed by atoms with Crippen molar-refractivity contribution in [1.82, 2.24) is 15.2 Å². The van der Waals surface area contributed by atoms with E-state index in [-0.39, 0.29) is 6.23 Å². The third kappa shape index (κ3) is 3.21. The summed E-state index contributed by atoms with van der Waals surface area (Å²) in [6.45, 7) is 2.06. The molecule has 0 saturated heterocycles. The Bertz CT molecular complexity index is 933. The SMILES string of the molecule is CSc1nnc2c(n1)O[C@@H](c1ccc(C)cc1)Nc1ccc(Br)cc1-2. The zero-order chi connectivity index (χ0) is 17.4. The number of nitrogens with zero attached hydrogens (tertiary/aromatic N) is 3. The average Bonchev–Trinajstić information content (AvgIpc) is 2.78. The molecule has 2 heterocycles. The maximum absolute atomic E-state index is 6.19. The quantitative estimate of drug-likeness (QED) is 0.605. The summed E-state index contributed by atoms with van der Waals surface area (Å²) in [7, 11) is 0. The number of hydrogen-bond acceptors (Lipinski definition) is 6. The zero-order valence-corrected chi connectivity index (χ0v) is 16.1. The lowest BCUT2D eigenvalue weighted by molar-refractivity contribution is 0.225. The number of anilines is 1. The Labute approximate surface area is 158 Å². The van der Waals surface area contributed by atoms with Crippen LogP contribution in [-0.2, 0) is 0 Å². The van der Waals surface area contributed by atoms with Crippen molar-refractivity contribution in [1.29, 1.82) is 0 Å². The Hall–Kier alpha value is -2.12. The molecule has 0 fully saturated rings. The number of thioether (sulfide) groups is 1. The van der Waals surface area contributed by atoms with E-state index in [1.165, 1.54) is 17.3 Å². The highest BCUT2D eigenvalue weighted by Gasteiger charge is 2.26. The molecule has 0 radical (unpaired) electrons. The predicted molar refractivity (Wildman–Crippen MR) is 103 cm³/mol. The number of ether oxygens (including phenoxy) is 1. The number of rotatable bonds is 2. The lowest BCUT2D eigenvalue weighted by Crippen LogP contribution is -2.17. The molecule has 1 N–H and O–H groups in total. The fraction of sp³-hybridized carbons (Fsp3) is 0.167. The van der Waals surface area contributed by atoms with Crippen molar-refractivity contribution < 1.29 is 4.74 Å². The molecule has 1 aliphatic heterocycles. The second-order valence-electron chi connectivity index (χ2n) is 5.70. The van der Waals surface area contributed by atoms with E-state index in [0.29, 0.717) is 16.7 Å². The fourth-order valence-corrected chi connectivity index (χ4v) is 3.31. The van der Waals surface area contributed by atoms with Gasteiger partial charge < -0.3 is 10.1 Å². The molecule has 25 heavy (non-hydrogen) atoms. The van der Waals surface area contributed by atoms with Crippen LogP contribution in [0.4, 0.5) is 5.69 Å². The fourth-order valence-electron chi connectivity index (χ4n) is 2.65. The van der Waals surface area contributed by atoms with Crippen LogP contribution in [0.2, 0.25) is 0 Å². The van der Waals surface area contributed by atoms with Gasteiger partial charge >= 0.3 is 0 Å². The van der Waals surface area contributed by atoms with Gasteiger partial charge in [0.15, 0.2) is 11.9 Å². The number of hydrogen-bond donors (Lipinski definition) is 1. The van der Waals surface area contributed by atoms with Crippen LogP contribution in [0, 0.1) is 6.92 Å². The van der Waals surface area contributed by atoms with Crippen LogP contribution >= 0.6 is 27.7 Å². The molecule has 126 valence electrons. The molecule has 1 aromatic heterocycles. The van der Waals surface area contributed by atoms with Gasteiger partial charge in [0.05, 0.1) is 0 Å². The topological polar surface area (TPSA) is 59.9 Å². The summed E-state index contributed by atoms with van der Waals surface area (Å²) in [5.74, 6) is 0.481. The first-order chi connectivity index (χ1) is 12.1. The van der Waals surface area contributed by atoms with Crippen molar-refractivity contribution >= 4 is 33.4 Å². The lowest BCUT2D eigenvalue weighted by Gasteiger charge is -2.19. The van der Waals surface area contributed by atoms with Gasteiger partial charge in [-0.2, -0.15) is 4.98 Å². The summed E-state index contributed by atoms with van der Waals surface area (Å²) in [5, 5.41) is 12.6. The summed E-state index contributed by atoms with van der Waals surface area (Å²) in [5.41, 5.74) is 4.70. The summed E-state index contributed by atoms with van der Waals surface area (Å²) >= 11 is 4.96. The minimum absolute atomic E-state index is 0.354. The largest absolute Gasteiger partial charge is 0.448 e. The molecule has 0 unspecified atom stereocenters. The van der Waals surface area contributed by atoms with Gasteiger partial charge in [-0.25, -0.2) is 0 Å². The molecule has 7 heteroatoms. The van der Waals surface area contributed by atoms with Crippen molar-refractivity contribution in [2.24, 2.45) is 0 Å². The van der Waals surface area contributed by atoms with Crippen molar-refractivity contribution in [3.05, 3.63) is 58.1 Å². The Morgan fingerprint density at radius 1 is 1.12 bits per heavy atom. The van der Waals surface area contributed by atoms with Crippen LogP contribution in [0.5, 0.6) is 5.88 Å². The van der Waals surface area contributed by atoms with Crippen LogP contribution in [0.15, 0.2) is 52.1 Å². The third-order valence-corrected chi connectivity index (χ3v) is 4.98. The van der Waals surface area contributed by atoms with E-state index < -0.39 is 0 Å². The van der Waals surface area contributed by atoms with Gasteiger partial charge in [0.2, 0.25) is 11.0 Å². The Morgan fingerprint density at radius 2 is 1.92 bits per heavy atom. The average molecular weight is 415 g/mol. The van der Waals surface area contributed by atoms with E-state index in [4.69, 9.17) is 4.74 Å². The van der Waals surface area contributed by atoms with Gasteiger partial charge in [0.1, 0.15) is 0 Å². The molecule has 2 aromatic carbocycles. The first-order valence-electron chi connectivity index (χ1n) is 7.72. The van der Waals surface area contributed by atoms with Gasteiger partial charge in [-0.15, -0.1) is 10.2 Å². The second kappa shape index (κ2) is 6.65. The minimum atomic E-state index is -0.354. The first-order valence-corrected chi connectivity index (χ1v) is 9.74. The van der Waals surface area contributed by atoms with E-state index >= 15 is 0 Å². The predicted octanol–water partition coefficient (Wildman–Crippen LogP) is 4.83. The molecule has 1 aliphatic rings. The monoisotopic (exact) mass is 414 g/mol. The third-order valence-electron chi connectivity index (χ3n) is 3.95. The van der Waals surface area contributed by atoms with E-state index in [0.717, 1.165) is 21.3 Å². The Balaban J connectivity index is 1.87. The van der Waals surface area contributed by atoms with Gasteiger partial charge in [0, 0.05) is 21.3 Å². The first kappa shape index (κ1) is 16.4.